The molecule has 2 atom stereocenters. The molecule has 7 heteroatoms. The van der Waals surface area contributed by atoms with E-state index < -0.39 is 24.1 Å². The number of carbonyl (C=O) groups is 3. The number of hydrogen-bond donors (Lipinski definition) is 2. The van der Waals surface area contributed by atoms with E-state index in [0.29, 0.717) is 25.8 Å². The minimum absolute atomic E-state index is 0.156. The molecule has 1 aromatic rings. The average Bonchev–Trinajstić information content (AvgIpc) is 3.08. The number of nitrogens with two attached hydrogens (primary N) is 1. The summed E-state index contributed by atoms with van der Waals surface area (Å²) < 4.78 is 5.29. The Morgan fingerprint density at radius 1 is 1.33 bits per heavy atom. The molecule has 0 bridgehead atoms. The number of nitrogens with zero attached hydrogens (tertiary/aromatic N) is 1. The number of amides is 3. The van der Waals surface area contributed by atoms with E-state index in [0.717, 1.165) is 5.56 Å². The van der Waals surface area contributed by atoms with E-state index in [1.807, 2.05) is 30.3 Å². The Labute approximate surface area is 141 Å². The number of likely N-dealkylation sites (tertiary alicyclic amines) is 1. The second-order valence-electron chi connectivity index (χ2n) is 5.76. The molecule has 0 spiro atoms. The summed E-state index contributed by atoms with van der Waals surface area (Å²) in [5, 5.41) is 2.60. The van der Waals surface area contributed by atoms with Gasteiger partial charge in [-0.05, 0) is 24.8 Å². The third-order valence-corrected chi connectivity index (χ3v) is 4.06. The van der Waals surface area contributed by atoms with E-state index in [1.54, 1.807) is 6.92 Å². The molecule has 1 saturated heterocycles. The highest BCUT2D eigenvalue weighted by Gasteiger charge is 2.36. The summed E-state index contributed by atoms with van der Waals surface area (Å²) in [5.74, 6) is -0.947. The van der Waals surface area contributed by atoms with Gasteiger partial charge in [0.1, 0.15) is 18.7 Å². The molecule has 0 aromatic heterocycles. The molecular weight excluding hydrogens is 310 g/mol. The van der Waals surface area contributed by atoms with Gasteiger partial charge in [0.05, 0.1) is 0 Å². The van der Waals surface area contributed by atoms with Crippen molar-refractivity contribution in [3.63, 3.8) is 0 Å². The molecule has 1 aromatic carbocycles. The van der Waals surface area contributed by atoms with Gasteiger partial charge in [-0.2, -0.15) is 0 Å². The van der Waals surface area contributed by atoms with Gasteiger partial charge in [-0.15, -0.1) is 0 Å². The van der Waals surface area contributed by atoms with Crippen molar-refractivity contribution in [2.75, 3.05) is 6.54 Å². The van der Waals surface area contributed by atoms with Crippen LogP contribution >= 0.6 is 0 Å². The fourth-order valence-electron chi connectivity index (χ4n) is 2.70. The summed E-state index contributed by atoms with van der Waals surface area (Å²) in [7, 11) is 0. The standard InChI is InChI=1S/C17H23N3O4/c1-2-13(15(18)21)19-16(22)14-9-6-10-20(14)17(23)24-11-12-7-4-3-5-8-12/h3-5,7-8,13-14H,2,6,9-11H2,1H3,(H2,18,21)(H,19,22)/t13-,14+/m0/s1. The van der Waals surface area contributed by atoms with Crippen LogP contribution in [0.1, 0.15) is 31.7 Å². The van der Waals surface area contributed by atoms with Gasteiger partial charge in [0.2, 0.25) is 11.8 Å². The molecule has 1 aliphatic heterocycles. The second-order valence-corrected chi connectivity index (χ2v) is 5.76. The van der Waals surface area contributed by atoms with Crippen molar-refractivity contribution >= 4 is 17.9 Å². The fraction of sp³-hybridized carbons (Fsp3) is 0.471. The van der Waals surface area contributed by atoms with E-state index in [9.17, 15) is 14.4 Å². The molecule has 3 N–H and O–H groups in total. The van der Waals surface area contributed by atoms with Crippen LogP contribution in [0.4, 0.5) is 4.79 Å². The summed E-state index contributed by atoms with van der Waals surface area (Å²) in [6, 6.07) is 7.99. The van der Waals surface area contributed by atoms with E-state index in [2.05, 4.69) is 5.32 Å². The van der Waals surface area contributed by atoms with Crippen LogP contribution in [0.2, 0.25) is 0 Å². The van der Waals surface area contributed by atoms with Crippen molar-refractivity contribution in [3.05, 3.63) is 35.9 Å². The molecular formula is C17H23N3O4. The van der Waals surface area contributed by atoms with Gasteiger partial charge in [-0.1, -0.05) is 37.3 Å². The normalized spacial score (nSPS) is 18.0. The Balaban J connectivity index is 1.92. The molecule has 0 radical (unpaired) electrons. The summed E-state index contributed by atoms with van der Waals surface area (Å²) in [6.07, 6.45) is 1.14. The average molecular weight is 333 g/mol. The van der Waals surface area contributed by atoms with Crippen molar-refractivity contribution in [1.82, 2.24) is 10.2 Å². The maximum Gasteiger partial charge on any atom is 0.410 e. The highest BCUT2D eigenvalue weighted by atomic mass is 16.6. The summed E-state index contributed by atoms with van der Waals surface area (Å²) in [4.78, 5) is 37.3. The first-order valence-electron chi connectivity index (χ1n) is 8.10. The zero-order valence-corrected chi connectivity index (χ0v) is 13.7. The highest BCUT2D eigenvalue weighted by Crippen LogP contribution is 2.19. The molecule has 0 unspecified atom stereocenters. The molecule has 24 heavy (non-hydrogen) atoms. The first-order chi connectivity index (χ1) is 11.5. The van der Waals surface area contributed by atoms with Crippen molar-refractivity contribution in [3.8, 4) is 0 Å². The van der Waals surface area contributed by atoms with Gasteiger partial charge in [-0.3, -0.25) is 14.5 Å². The molecule has 0 saturated carbocycles. The Bertz CT molecular complexity index is 591. The summed E-state index contributed by atoms with van der Waals surface area (Å²) >= 11 is 0. The van der Waals surface area contributed by atoms with Crippen LogP contribution in [0.5, 0.6) is 0 Å². The van der Waals surface area contributed by atoms with E-state index in [1.165, 1.54) is 4.90 Å². The molecule has 1 aliphatic rings. The molecule has 3 amide bonds. The maximum atomic E-state index is 12.3. The Hall–Kier alpha value is -2.57. The molecule has 1 fully saturated rings. The van der Waals surface area contributed by atoms with Gasteiger partial charge < -0.3 is 15.8 Å². The number of primary amides is 1. The number of benzene rings is 1. The largest absolute Gasteiger partial charge is 0.445 e. The Kier molecular flexibility index (Phi) is 6.17. The Morgan fingerprint density at radius 2 is 2.04 bits per heavy atom. The fourth-order valence-corrected chi connectivity index (χ4v) is 2.70. The lowest BCUT2D eigenvalue weighted by Crippen LogP contribution is -2.52. The predicted octanol–water partition coefficient (Wildman–Crippen LogP) is 1.17. The summed E-state index contributed by atoms with van der Waals surface area (Å²) in [5.41, 5.74) is 6.12. The van der Waals surface area contributed by atoms with Gasteiger partial charge in [0, 0.05) is 6.54 Å². The van der Waals surface area contributed by atoms with E-state index in [-0.39, 0.29) is 12.5 Å². The van der Waals surface area contributed by atoms with Crippen molar-refractivity contribution in [2.24, 2.45) is 5.73 Å². The zero-order valence-electron chi connectivity index (χ0n) is 13.7. The quantitative estimate of drug-likeness (QED) is 0.816. The minimum Gasteiger partial charge on any atom is -0.445 e. The summed E-state index contributed by atoms with van der Waals surface area (Å²) in [6.45, 7) is 2.37. The van der Waals surface area contributed by atoms with Crippen LogP contribution in [0.25, 0.3) is 0 Å². The van der Waals surface area contributed by atoms with Crippen molar-refractivity contribution in [1.29, 1.82) is 0 Å². The molecule has 1 heterocycles. The minimum atomic E-state index is -0.722. The van der Waals surface area contributed by atoms with Crippen LogP contribution in [0.15, 0.2) is 30.3 Å². The van der Waals surface area contributed by atoms with Crippen molar-refractivity contribution in [2.45, 2.75) is 44.9 Å². The third-order valence-electron chi connectivity index (χ3n) is 4.06. The first kappa shape index (κ1) is 17.8. The smallest absolute Gasteiger partial charge is 0.410 e. The number of nitrogens with one attached hydrogen (secondary N) is 1. The number of ether oxygens (including phenoxy) is 1. The molecule has 2 rings (SSSR count). The highest BCUT2D eigenvalue weighted by molar-refractivity contribution is 5.91. The number of hydrogen-bond acceptors (Lipinski definition) is 4. The van der Waals surface area contributed by atoms with Crippen molar-refractivity contribution < 1.29 is 19.1 Å². The predicted molar refractivity (Wildman–Crippen MR) is 87.8 cm³/mol. The third kappa shape index (κ3) is 4.47. The first-order valence-corrected chi connectivity index (χ1v) is 8.10. The van der Waals surface area contributed by atoms with Crippen LogP contribution in [-0.4, -0.2) is 41.4 Å². The van der Waals surface area contributed by atoms with Gasteiger partial charge in [0.25, 0.3) is 0 Å². The topological polar surface area (TPSA) is 102 Å². The van der Waals surface area contributed by atoms with Gasteiger partial charge in [-0.25, -0.2) is 4.79 Å². The van der Waals surface area contributed by atoms with Crippen LogP contribution in [0.3, 0.4) is 0 Å². The SMILES string of the molecule is CC[C@H](NC(=O)[C@H]1CCCN1C(=O)OCc1ccccc1)C(N)=O. The lowest BCUT2D eigenvalue weighted by Gasteiger charge is -2.24. The second kappa shape index (κ2) is 8.33. The molecule has 130 valence electrons. The van der Waals surface area contributed by atoms with Gasteiger partial charge in [0.15, 0.2) is 0 Å². The zero-order chi connectivity index (χ0) is 17.5. The maximum absolute atomic E-state index is 12.3. The monoisotopic (exact) mass is 333 g/mol. The van der Waals surface area contributed by atoms with E-state index in [4.69, 9.17) is 10.5 Å². The number of rotatable bonds is 6. The Morgan fingerprint density at radius 3 is 2.67 bits per heavy atom. The van der Waals surface area contributed by atoms with E-state index >= 15 is 0 Å². The molecule has 7 nitrogen and oxygen atoms in total. The molecule has 0 aliphatic carbocycles. The lowest BCUT2D eigenvalue weighted by molar-refractivity contribution is -0.130. The van der Waals surface area contributed by atoms with Crippen LogP contribution in [0, 0.1) is 0 Å². The van der Waals surface area contributed by atoms with Crippen LogP contribution in [-0.2, 0) is 20.9 Å². The van der Waals surface area contributed by atoms with Crippen LogP contribution < -0.4 is 11.1 Å². The number of carbonyl (C=O) groups excluding carboxylic acids is 3. The van der Waals surface area contributed by atoms with Gasteiger partial charge >= 0.3 is 6.09 Å². The lowest BCUT2D eigenvalue weighted by atomic mass is 10.1.